The minimum atomic E-state index is -0.857. The lowest BCUT2D eigenvalue weighted by Crippen LogP contribution is -2.48. The maximum Gasteiger partial charge on any atom is 0.326 e. The van der Waals surface area contributed by atoms with E-state index >= 15 is 0 Å². The molecule has 0 aromatic heterocycles. The van der Waals surface area contributed by atoms with Gasteiger partial charge in [-0.2, -0.15) is 11.8 Å². The first-order valence-corrected chi connectivity index (χ1v) is 6.06. The third-order valence-electron chi connectivity index (χ3n) is 1.98. The highest BCUT2D eigenvalue weighted by molar-refractivity contribution is 7.99. The second kappa shape index (κ2) is 6.30. The summed E-state index contributed by atoms with van der Waals surface area (Å²) in [4.78, 5) is 11.4. The van der Waals surface area contributed by atoms with Crippen LogP contribution in [0.3, 0.4) is 0 Å². The van der Waals surface area contributed by atoms with Gasteiger partial charge in [-0.25, -0.2) is 0 Å². The molecule has 0 bridgehead atoms. The lowest BCUT2D eigenvalue weighted by molar-refractivity contribution is -0.148. The van der Waals surface area contributed by atoms with E-state index in [4.69, 9.17) is 10.5 Å². The van der Waals surface area contributed by atoms with E-state index in [9.17, 15) is 4.79 Å². The molecule has 0 saturated carbocycles. The van der Waals surface area contributed by atoms with Gasteiger partial charge in [-0.15, -0.1) is 0 Å². The maximum atomic E-state index is 11.4. The SMILES string of the molecule is CCOC(=O)C(C)(N)CSC(C)CC. The van der Waals surface area contributed by atoms with Crippen LogP contribution in [0.5, 0.6) is 0 Å². The van der Waals surface area contributed by atoms with E-state index < -0.39 is 5.54 Å². The number of esters is 1. The van der Waals surface area contributed by atoms with Crippen molar-refractivity contribution in [1.82, 2.24) is 0 Å². The van der Waals surface area contributed by atoms with E-state index in [1.54, 1.807) is 25.6 Å². The highest BCUT2D eigenvalue weighted by Crippen LogP contribution is 2.19. The fraction of sp³-hybridized carbons (Fsp3) is 0.900. The largest absolute Gasteiger partial charge is 0.465 e. The van der Waals surface area contributed by atoms with Crippen molar-refractivity contribution in [3.05, 3.63) is 0 Å². The average Bonchev–Trinajstić information content (AvgIpc) is 2.14. The molecule has 2 atom stereocenters. The van der Waals surface area contributed by atoms with E-state index in [2.05, 4.69) is 13.8 Å². The monoisotopic (exact) mass is 219 g/mol. The molecular formula is C10H21NO2S. The molecule has 3 nitrogen and oxygen atoms in total. The van der Waals surface area contributed by atoms with E-state index in [0.29, 0.717) is 17.6 Å². The Kier molecular flexibility index (Phi) is 6.20. The Labute approximate surface area is 90.8 Å². The molecule has 0 fully saturated rings. The Bertz CT molecular complexity index is 183. The van der Waals surface area contributed by atoms with Gasteiger partial charge in [0, 0.05) is 11.0 Å². The third-order valence-corrected chi connectivity index (χ3v) is 3.65. The third kappa shape index (κ3) is 4.86. The van der Waals surface area contributed by atoms with Crippen LogP contribution in [-0.2, 0) is 9.53 Å². The summed E-state index contributed by atoms with van der Waals surface area (Å²) in [5.74, 6) is 0.303. The second-order valence-corrected chi connectivity index (χ2v) is 5.09. The van der Waals surface area contributed by atoms with Crippen LogP contribution in [0.25, 0.3) is 0 Å². The molecule has 0 aliphatic rings. The van der Waals surface area contributed by atoms with Gasteiger partial charge in [-0.1, -0.05) is 13.8 Å². The van der Waals surface area contributed by atoms with E-state index in [1.165, 1.54) is 0 Å². The molecule has 2 N–H and O–H groups in total. The molecule has 0 rings (SSSR count). The van der Waals surface area contributed by atoms with Crippen molar-refractivity contribution < 1.29 is 9.53 Å². The highest BCUT2D eigenvalue weighted by Gasteiger charge is 2.30. The minimum Gasteiger partial charge on any atom is -0.465 e. The van der Waals surface area contributed by atoms with Crippen molar-refractivity contribution >= 4 is 17.7 Å². The Morgan fingerprint density at radius 2 is 2.14 bits per heavy atom. The summed E-state index contributed by atoms with van der Waals surface area (Å²) in [7, 11) is 0. The molecule has 2 unspecified atom stereocenters. The van der Waals surface area contributed by atoms with Crippen LogP contribution < -0.4 is 5.73 Å². The standard InChI is InChI=1S/C10H21NO2S/c1-5-8(3)14-7-10(4,11)9(12)13-6-2/h8H,5-7,11H2,1-4H3. The molecule has 0 spiro atoms. The molecule has 0 aromatic carbocycles. The summed E-state index contributed by atoms with van der Waals surface area (Å²) in [6.07, 6.45) is 1.09. The van der Waals surface area contributed by atoms with E-state index in [0.717, 1.165) is 6.42 Å². The van der Waals surface area contributed by atoms with Crippen molar-refractivity contribution in [2.75, 3.05) is 12.4 Å². The van der Waals surface area contributed by atoms with Gasteiger partial charge in [-0.3, -0.25) is 4.79 Å². The molecule has 4 heteroatoms. The van der Waals surface area contributed by atoms with Crippen LogP contribution in [0.1, 0.15) is 34.1 Å². The number of hydrogen-bond donors (Lipinski definition) is 1. The minimum absolute atomic E-state index is 0.309. The highest BCUT2D eigenvalue weighted by atomic mass is 32.2. The average molecular weight is 219 g/mol. The normalized spacial score (nSPS) is 17.2. The fourth-order valence-electron chi connectivity index (χ4n) is 0.788. The smallest absolute Gasteiger partial charge is 0.326 e. The number of carbonyl (C=O) groups excluding carboxylic acids is 1. The fourth-order valence-corrected chi connectivity index (χ4v) is 1.77. The Balaban J connectivity index is 3.99. The van der Waals surface area contributed by atoms with Crippen LogP contribution in [0.2, 0.25) is 0 Å². The Hall–Kier alpha value is -0.220. The van der Waals surface area contributed by atoms with Crippen LogP contribution in [-0.4, -0.2) is 29.1 Å². The van der Waals surface area contributed by atoms with Crippen LogP contribution >= 0.6 is 11.8 Å². The molecule has 0 saturated heterocycles. The number of nitrogens with two attached hydrogens (primary N) is 1. The predicted molar refractivity (Wildman–Crippen MR) is 61.4 cm³/mol. The molecule has 0 heterocycles. The molecule has 0 aliphatic heterocycles. The summed E-state index contributed by atoms with van der Waals surface area (Å²) in [5, 5.41) is 0.535. The number of carbonyl (C=O) groups is 1. The van der Waals surface area contributed by atoms with Gasteiger partial charge in [-0.05, 0) is 20.3 Å². The molecule has 0 radical (unpaired) electrons. The van der Waals surface area contributed by atoms with Gasteiger partial charge in [0.25, 0.3) is 0 Å². The predicted octanol–water partition coefficient (Wildman–Crippen LogP) is 1.80. The first-order chi connectivity index (χ1) is 6.44. The van der Waals surface area contributed by atoms with Crippen molar-refractivity contribution in [3.63, 3.8) is 0 Å². The van der Waals surface area contributed by atoms with Crippen LogP contribution in [0.4, 0.5) is 0 Å². The van der Waals surface area contributed by atoms with Crippen LogP contribution in [0, 0.1) is 0 Å². The van der Waals surface area contributed by atoms with Gasteiger partial charge in [0.05, 0.1) is 6.61 Å². The topological polar surface area (TPSA) is 52.3 Å². The molecule has 0 aliphatic carbocycles. The molecule has 84 valence electrons. The quantitative estimate of drug-likeness (QED) is 0.692. The first kappa shape index (κ1) is 13.8. The van der Waals surface area contributed by atoms with Gasteiger partial charge in [0.2, 0.25) is 0 Å². The number of rotatable bonds is 6. The van der Waals surface area contributed by atoms with Crippen LogP contribution in [0.15, 0.2) is 0 Å². The molecule has 0 amide bonds. The molecule has 14 heavy (non-hydrogen) atoms. The first-order valence-electron chi connectivity index (χ1n) is 5.01. The Morgan fingerprint density at radius 3 is 2.57 bits per heavy atom. The van der Waals surface area contributed by atoms with Gasteiger partial charge < -0.3 is 10.5 Å². The van der Waals surface area contributed by atoms with Crippen molar-refractivity contribution in [1.29, 1.82) is 0 Å². The number of thioether (sulfide) groups is 1. The summed E-state index contributed by atoms with van der Waals surface area (Å²) in [5.41, 5.74) is 5.00. The summed E-state index contributed by atoms with van der Waals surface area (Å²) >= 11 is 1.71. The van der Waals surface area contributed by atoms with Crippen molar-refractivity contribution in [2.45, 2.75) is 44.9 Å². The number of hydrogen-bond acceptors (Lipinski definition) is 4. The molecule has 0 aromatic rings. The van der Waals surface area contributed by atoms with Gasteiger partial charge in [0.1, 0.15) is 5.54 Å². The number of ether oxygens (including phenoxy) is 1. The molecular weight excluding hydrogens is 198 g/mol. The lowest BCUT2D eigenvalue weighted by Gasteiger charge is -2.23. The lowest BCUT2D eigenvalue weighted by atomic mass is 10.1. The van der Waals surface area contributed by atoms with E-state index in [-0.39, 0.29) is 5.97 Å². The zero-order chi connectivity index (χ0) is 11.2. The summed E-state index contributed by atoms with van der Waals surface area (Å²) in [6, 6.07) is 0. The second-order valence-electron chi connectivity index (χ2n) is 3.67. The van der Waals surface area contributed by atoms with Gasteiger partial charge in [0.15, 0.2) is 0 Å². The van der Waals surface area contributed by atoms with Crippen molar-refractivity contribution in [2.24, 2.45) is 5.73 Å². The zero-order valence-corrected chi connectivity index (χ0v) is 10.3. The Morgan fingerprint density at radius 1 is 1.57 bits per heavy atom. The van der Waals surface area contributed by atoms with Crippen molar-refractivity contribution in [3.8, 4) is 0 Å². The maximum absolute atomic E-state index is 11.4. The summed E-state index contributed by atoms with van der Waals surface area (Å²) in [6.45, 7) is 8.15. The summed E-state index contributed by atoms with van der Waals surface area (Å²) < 4.78 is 4.90. The van der Waals surface area contributed by atoms with E-state index in [1.807, 2.05) is 0 Å². The zero-order valence-electron chi connectivity index (χ0n) is 9.50. The van der Waals surface area contributed by atoms with Gasteiger partial charge >= 0.3 is 5.97 Å².